The van der Waals surface area contributed by atoms with Crippen LogP contribution in [0.5, 0.6) is 5.75 Å². The molecule has 0 aliphatic carbocycles. The van der Waals surface area contributed by atoms with Crippen molar-refractivity contribution in [1.29, 1.82) is 0 Å². The minimum absolute atomic E-state index is 0.0179. The number of nitrogens with zero attached hydrogens (tertiary/aromatic N) is 2. The summed E-state index contributed by atoms with van der Waals surface area (Å²) in [6, 6.07) is 7.30. The molecule has 1 unspecified atom stereocenters. The minimum Gasteiger partial charge on any atom is -0.491 e. The molecular weight excluding hydrogens is 386 g/mol. The van der Waals surface area contributed by atoms with Crippen LogP contribution in [0.3, 0.4) is 0 Å². The Bertz CT molecular complexity index is 668. The molecule has 30 heavy (non-hydrogen) atoms. The van der Waals surface area contributed by atoms with Crippen molar-refractivity contribution in [2.45, 2.75) is 25.4 Å². The van der Waals surface area contributed by atoms with Gasteiger partial charge in [-0.05, 0) is 43.5 Å². The van der Waals surface area contributed by atoms with Crippen molar-refractivity contribution < 1.29 is 23.8 Å². The molecule has 1 aromatic carbocycles. The van der Waals surface area contributed by atoms with Crippen LogP contribution >= 0.6 is 0 Å². The van der Waals surface area contributed by atoms with E-state index in [2.05, 4.69) is 10.2 Å². The van der Waals surface area contributed by atoms with Gasteiger partial charge in [0.15, 0.2) is 0 Å². The van der Waals surface area contributed by atoms with Crippen LogP contribution < -0.4 is 10.1 Å². The van der Waals surface area contributed by atoms with Gasteiger partial charge in [-0.3, -0.25) is 14.5 Å². The summed E-state index contributed by atoms with van der Waals surface area (Å²) in [5, 5.41) is 2.90. The van der Waals surface area contributed by atoms with Crippen LogP contribution in [0.25, 0.3) is 0 Å². The zero-order valence-electron chi connectivity index (χ0n) is 17.8. The number of hydrogen-bond acceptors (Lipinski definition) is 6. The zero-order chi connectivity index (χ0) is 21.2. The van der Waals surface area contributed by atoms with Crippen LogP contribution in [-0.4, -0.2) is 93.9 Å². The molecule has 2 amide bonds. The molecule has 1 atom stereocenters. The second-order valence-electron chi connectivity index (χ2n) is 7.74. The van der Waals surface area contributed by atoms with Gasteiger partial charge in [-0.25, -0.2) is 0 Å². The van der Waals surface area contributed by atoms with E-state index in [1.54, 1.807) is 7.11 Å². The monoisotopic (exact) mass is 419 g/mol. The Morgan fingerprint density at radius 2 is 1.93 bits per heavy atom. The third kappa shape index (κ3) is 6.97. The first-order chi connectivity index (χ1) is 14.7. The van der Waals surface area contributed by atoms with Crippen molar-refractivity contribution in [2.75, 3.05) is 66.2 Å². The van der Waals surface area contributed by atoms with Crippen molar-refractivity contribution in [2.24, 2.45) is 0 Å². The predicted octanol–water partition coefficient (Wildman–Crippen LogP) is 1.15. The van der Waals surface area contributed by atoms with Crippen LogP contribution in [0.4, 0.5) is 0 Å². The van der Waals surface area contributed by atoms with Gasteiger partial charge in [0.1, 0.15) is 12.4 Å². The third-order valence-corrected chi connectivity index (χ3v) is 5.44. The van der Waals surface area contributed by atoms with Crippen molar-refractivity contribution in [3.8, 4) is 5.75 Å². The molecule has 2 saturated heterocycles. The summed E-state index contributed by atoms with van der Waals surface area (Å²) in [5.41, 5.74) is 0.656. The van der Waals surface area contributed by atoms with Gasteiger partial charge in [0.05, 0.1) is 12.6 Å². The number of rotatable bonds is 10. The van der Waals surface area contributed by atoms with E-state index < -0.39 is 0 Å². The van der Waals surface area contributed by atoms with E-state index in [9.17, 15) is 9.59 Å². The van der Waals surface area contributed by atoms with Crippen molar-refractivity contribution in [1.82, 2.24) is 15.1 Å². The Kier molecular flexibility index (Phi) is 8.92. The molecule has 8 heteroatoms. The number of nitrogens with one attached hydrogen (secondary N) is 1. The van der Waals surface area contributed by atoms with Crippen LogP contribution in [0.15, 0.2) is 24.3 Å². The van der Waals surface area contributed by atoms with E-state index in [0.29, 0.717) is 58.0 Å². The van der Waals surface area contributed by atoms with E-state index in [1.165, 1.54) is 0 Å². The molecule has 2 fully saturated rings. The first-order valence-electron chi connectivity index (χ1n) is 10.8. The fraction of sp³-hybridized carbons (Fsp3) is 0.636. The predicted molar refractivity (Wildman–Crippen MR) is 113 cm³/mol. The van der Waals surface area contributed by atoms with E-state index in [0.717, 1.165) is 31.6 Å². The summed E-state index contributed by atoms with van der Waals surface area (Å²) < 4.78 is 16.3. The Hall–Kier alpha value is -2.16. The molecule has 0 aromatic heterocycles. The number of piperazine rings is 1. The quantitative estimate of drug-likeness (QED) is 0.573. The van der Waals surface area contributed by atoms with Gasteiger partial charge in [-0.2, -0.15) is 0 Å². The molecule has 2 aliphatic heterocycles. The second-order valence-corrected chi connectivity index (χ2v) is 7.74. The highest BCUT2D eigenvalue weighted by Crippen LogP contribution is 2.18. The fourth-order valence-corrected chi connectivity index (χ4v) is 3.65. The summed E-state index contributed by atoms with van der Waals surface area (Å²) in [4.78, 5) is 28.7. The van der Waals surface area contributed by atoms with Crippen molar-refractivity contribution in [3.05, 3.63) is 29.8 Å². The zero-order valence-corrected chi connectivity index (χ0v) is 17.8. The van der Waals surface area contributed by atoms with E-state index in [-0.39, 0.29) is 17.9 Å². The van der Waals surface area contributed by atoms with Gasteiger partial charge in [0.25, 0.3) is 5.91 Å². The SMILES string of the molecule is COCCCNC(=O)CN1CCN(C(=O)c2ccc(OCC3CCCO3)cc2)CC1. The second kappa shape index (κ2) is 11.9. The minimum atomic E-state index is 0.0179. The first kappa shape index (κ1) is 22.5. The molecule has 3 rings (SSSR count). The molecule has 1 aromatic rings. The Balaban J connectivity index is 1.37. The highest BCUT2D eigenvalue weighted by atomic mass is 16.5. The lowest BCUT2D eigenvalue weighted by Crippen LogP contribution is -2.51. The fourth-order valence-electron chi connectivity index (χ4n) is 3.65. The summed E-state index contributed by atoms with van der Waals surface area (Å²) >= 11 is 0. The smallest absolute Gasteiger partial charge is 0.253 e. The van der Waals surface area contributed by atoms with Crippen LogP contribution in [0, 0.1) is 0 Å². The largest absolute Gasteiger partial charge is 0.491 e. The highest BCUT2D eigenvalue weighted by Gasteiger charge is 2.23. The molecule has 1 N–H and O–H groups in total. The maximum atomic E-state index is 12.8. The number of hydrogen-bond donors (Lipinski definition) is 1. The molecule has 2 aliphatic rings. The maximum Gasteiger partial charge on any atom is 0.253 e. The molecule has 0 spiro atoms. The van der Waals surface area contributed by atoms with Crippen LogP contribution in [0.2, 0.25) is 0 Å². The summed E-state index contributed by atoms with van der Waals surface area (Å²) in [6.45, 7) is 5.62. The van der Waals surface area contributed by atoms with Crippen LogP contribution in [0.1, 0.15) is 29.6 Å². The van der Waals surface area contributed by atoms with Gasteiger partial charge in [-0.15, -0.1) is 0 Å². The number of carbonyl (C=O) groups is 2. The molecule has 0 bridgehead atoms. The highest BCUT2D eigenvalue weighted by molar-refractivity contribution is 5.94. The summed E-state index contributed by atoms with van der Waals surface area (Å²) in [7, 11) is 1.65. The van der Waals surface area contributed by atoms with Gasteiger partial charge in [-0.1, -0.05) is 0 Å². The standard InChI is InChI=1S/C22H33N3O5/c1-28-14-3-9-23-21(26)16-24-10-12-25(13-11-24)22(27)18-5-7-19(8-6-18)30-17-20-4-2-15-29-20/h5-8,20H,2-4,9-17H2,1H3,(H,23,26). The molecule has 2 heterocycles. The number of amides is 2. The summed E-state index contributed by atoms with van der Waals surface area (Å²) in [6.07, 6.45) is 3.11. The lowest BCUT2D eigenvalue weighted by atomic mass is 10.1. The number of carbonyl (C=O) groups excluding carboxylic acids is 2. The number of methoxy groups -OCH3 is 1. The lowest BCUT2D eigenvalue weighted by molar-refractivity contribution is -0.122. The normalized spacial score (nSPS) is 19.6. The van der Waals surface area contributed by atoms with Crippen LogP contribution in [-0.2, 0) is 14.3 Å². The average Bonchev–Trinajstić information content (AvgIpc) is 3.29. The molecule has 166 valence electrons. The Morgan fingerprint density at radius 3 is 2.60 bits per heavy atom. The van der Waals surface area contributed by atoms with Crippen molar-refractivity contribution >= 4 is 11.8 Å². The molecule has 0 saturated carbocycles. The van der Waals surface area contributed by atoms with Gasteiger partial charge in [0.2, 0.25) is 5.91 Å². The Morgan fingerprint density at radius 1 is 1.17 bits per heavy atom. The average molecular weight is 420 g/mol. The first-order valence-corrected chi connectivity index (χ1v) is 10.8. The van der Waals surface area contributed by atoms with E-state index >= 15 is 0 Å². The third-order valence-electron chi connectivity index (χ3n) is 5.44. The van der Waals surface area contributed by atoms with Gasteiger partial charge >= 0.3 is 0 Å². The summed E-state index contributed by atoms with van der Waals surface area (Å²) in [5.74, 6) is 0.789. The van der Waals surface area contributed by atoms with Crippen molar-refractivity contribution in [3.63, 3.8) is 0 Å². The molecule has 8 nitrogen and oxygen atoms in total. The topological polar surface area (TPSA) is 80.3 Å². The molecular formula is C22H33N3O5. The van der Waals surface area contributed by atoms with Gasteiger partial charge < -0.3 is 24.4 Å². The maximum absolute atomic E-state index is 12.8. The number of ether oxygens (including phenoxy) is 3. The van der Waals surface area contributed by atoms with E-state index in [1.807, 2.05) is 29.2 Å². The Labute approximate surface area is 178 Å². The van der Waals surface area contributed by atoms with Gasteiger partial charge in [0, 0.05) is 58.6 Å². The van der Waals surface area contributed by atoms with E-state index in [4.69, 9.17) is 14.2 Å². The lowest BCUT2D eigenvalue weighted by Gasteiger charge is -2.34. The number of benzene rings is 1. The molecule has 0 radical (unpaired) electrons.